The lowest BCUT2D eigenvalue weighted by atomic mass is 10.0. The normalized spacial score (nSPS) is 19.8. The van der Waals surface area contributed by atoms with E-state index in [0.717, 1.165) is 37.1 Å². The minimum atomic E-state index is 0.210. The Morgan fingerprint density at radius 3 is 2.89 bits per heavy atom. The summed E-state index contributed by atoms with van der Waals surface area (Å²) in [5.41, 5.74) is 3.10. The number of benzene rings is 1. The second kappa shape index (κ2) is 6.31. The molecule has 104 valence electrons. The number of ketones is 1. The highest BCUT2D eigenvalue weighted by Crippen LogP contribution is 2.20. The molecule has 3 heteroatoms. The fourth-order valence-corrected chi connectivity index (χ4v) is 2.89. The van der Waals surface area contributed by atoms with Crippen LogP contribution >= 0.6 is 0 Å². The number of carbonyl (C=O) groups is 1. The molecule has 19 heavy (non-hydrogen) atoms. The Morgan fingerprint density at radius 1 is 1.42 bits per heavy atom. The molecule has 1 aromatic rings. The Kier molecular flexibility index (Phi) is 4.72. The average Bonchev–Trinajstić information content (AvgIpc) is 2.76. The molecule has 3 nitrogen and oxygen atoms in total. The minimum absolute atomic E-state index is 0.210. The number of rotatable bonds is 5. The lowest BCUT2D eigenvalue weighted by molar-refractivity contribution is 0.0942. The lowest BCUT2D eigenvalue weighted by Gasteiger charge is -2.15. The van der Waals surface area contributed by atoms with Gasteiger partial charge in [-0.25, -0.2) is 0 Å². The summed E-state index contributed by atoms with van der Waals surface area (Å²) in [4.78, 5) is 14.5. The van der Waals surface area contributed by atoms with Gasteiger partial charge in [-0.1, -0.05) is 23.8 Å². The molecule has 1 atom stereocenters. The summed E-state index contributed by atoms with van der Waals surface area (Å²) in [6, 6.07) is 6.00. The third-order valence-corrected chi connectivity index (χ3v) is 3.96. The third kappa shape index (κ3) is 3.64. The minimum Gasteiger partial charge on any atom is -0.396 e. The van der Waals surface area contributed by atoms with Crippen molar-refractivity contribution in [3.05, 3.63) is 34.9 Å². The summed E-state index contributed by atoms with van der Waals surface area (Å²) < 4.78 is 0. The number of hydrogen-bond donors (Lipinski definition) is 1. The number of Topliss-reactive ketones (excluding diaryl/α,β-unsaturated/α-hetero) is 1. The number of likely N-dealkylation sites (tertiary alicyclic amines) is 1. The van der Waals surface area contributed by atoms with E-state index in [1.807, 2.05) is 26.0 Å². The van der Waals surface area contributed by atoms with Crippen molar-refractivity contribution in [2.75, 3.05) is 26.2 Å². The predicted octanol–water partition coefficient (Wildman–Crippen LogP) is 2.19. The molecule has 2 rings (SSSR count). The smallest absolute Gasteiger partial charge is 0.177 e. The molecule has 1 aliphatic rings. The number of hydrogen-bond acceptors (Lipinski definition) is 3. The molecule has 0 aromatic heterocycles. The van der Waals surface area contributed by atoms with Crippen molar-refractivity contribution in [2.45, 2.75) is 26.7 Å². The average molecular weight is 261 g/mol. The molecule has 1 N–H and O–H groups in total. The van der Waals surface area contributed by atoms with Crippen LogP contribution in [0.15, 0.2) is 18.2 Å². The van der Waals surface area contributed by atoms with Gasteiger partial charge in [0.1, 0.15) is 0 Å². The van der Waals surface area contributed by atoms with Crippen LogP contribution in [0, 0.1) is 19.8 Å². The summed E-state index contributed by atoms with van der Waals surface area (Å²) in [5.74, 6) is 0.763. The number of aliphatic hydroxyl groups is 1. The van der Waals surface area contributed by atoms with Crippen molar-refractivity contribution < 1.29 is 9.90 Å². The van der Waals surface area contributed by atoms with Crippen molar-refractivity contribution in [1.29, 1.82) is 0 Å². The summed E-state index contributed by atoms with van der Waals surface area (Å²) >= 11 is 0. The maximum absolute atomic E-state index is 12.3. The van der Waals surface area contributed by atoms with Crippen LogP contribution < -0.4 is 0 Å². The Balaban J connectivity index is 1.94. The first-order chi connectivity index (χ1) is 9.10. The summed E-state index contributed by atoms with van der Waals surface area (Å²) in [5, 5.41) is 8.95. The van der Waals surface area contributed by atoms with E-state index in [-0.39, 0.29) is 12.4 Å². The van der Waals surface area contributed by atoms with Crippen molar-refractivity contribution in [2.24, 2.45) is 5.92 Å². The van der Waals surface area contributed by atoms with Crippen molar-refractivity contribution in [3.8, 4) is 0 Å². The maximum Gasteiger partial charge on any atom is 0.177 e. The van der Waals surface area contributed by atoms with Crippen molar-refractivity contribution >= 4 is 5.78 Å². The second-order valence-corrected chi connectivity index (χ2v) is 5.64. The van der Waals surface area contributed by atoms with Gasteiger partial charge in [0.25, 0.3) is 0 Å². The first kappa shape index (κ1) is 14.2. The molecule has 0 bridgehead atoms. The Morgan fingerprint density at radius 2 is 2.21 bits per heavy atom. The SMILES string of the molecule is Cc1ccc(C(=O)CN2CCC(CCO)C2)c(C)c1. The first-order valence-electron chi connectivity index (χ1n) is 7.04. The molecule has 0 spiro atoms. The van der Waals surface area contributed by atoms with E-state index in [0.29, 0.717) is 12.5 Å². The van der Waals surface area contributed by atoms with Gasteiger partial charge in [-0.2, -0.15) is 0 Å². The molecule has 1 aliphatic heterocycles. The molecule has 1 heterocycles. The van der Waals surface area contributed by atoms with Crippen LogP contribution in [-0.4, -0.2) is 42.0 Å². The van der Waals surface area contributed by atoms with E-state index in [1.165, 1.54) is 5.56 Å². The Labute approximate surface area is 115 Å². The quantitative estimate of drug-likeness (QED) is 0.826. The maximum atomic E-state index is 12.3. The molecule has 0 saturated carbocycles. The standard InChI is InChI=1S/C16H23NO2/c1-12-3-4-15(13(2)9-12)16(19)11-17-7-5-14(10-17)6-8-18/h3-4,9,14,18H,5-8,10-11H2,1-2H3. The molecule has 1 aromatic carbocycles. The Bertz CT molecular complexity index is 456. The van der Waals surface area contributed by atoms with E-state index in [4.69, 9.17) is 5.11 Å². The molecule has 1 saturated heterocycles. The number of aliphatic hydroxyl groups excluding tert-OH is 1. The van der Waals surface area contributed by atoms with E-state index in [9.17, 15) is 4.79 Å². The Hall–Kier alpha value is -1.19. The molecule has 1 fully saturated rings. The van der Waals surface area contributed by atoms with Crippen LogP contribution in [-0.2, 0) is 0 Å². The predicted molar refractivity (Wildman–Crippen MR) is 76.5 cm³/mol. The summed E-state index contributed by atoms with van der Waals surface area (Å²) in [6.45, 7) is 6.72. The van der Waals surface area contributed by atoms with E-state index in [2.05, 4.69) is 11.0 Å². The molecule has 0 amide bonds. The highest BCUT2D eigenvalue weighted by molar-refractivity contribution is 5.99. The highest BCUT2D eigenvalue weighted by atomic mass is 16.3. The van der Waals surface area contributed by atoms with Gasteiger partial charge in [0, 0.05) is 18.7 Å². The molecular weight excluding hydrogens is 238 g/mol. The van der Waals surface area contributed by atoms with Gasteiger partial charge in [-0.15, -0.1) is 0 Å². The molecule has 0 aliphatic carbocycles. The van der Waals surface area contributed by atoms with Crippen molar-refractivity contribution in [1.82, 2.24) is 4.90 Å². The van der Waals surface area contributed by atoms with Gasteiger partial charge >= 0.3 is 0 Å². The highest BCUT2D eigenvalue weighted by Gasteiger charge is 2.24. The number of carbonyl (C=O) groups excluding carboxylic acids is 1. The van der Waals surface area contributed by atoms with Crippen LogP contribution in [0.3, 0.4) is 0 Å². The summed E-state index contributed by atoms with van der Waals surface area (Å²) in [7, 11) is 0. The van der Waals surface area contributed by atoms with Gasteiger partial charge in [-0.05, 0) is 44.7 Å². The third-order valence-electron chi connectivity index (χ3n) is 3.96. The van der Waals surface area contributed by atoms with Crippen LogP contribution in [0.5, 0.6) is 0 Å². The van der Waals surface area contributed by atoms with E-state index < -0.39 is 0 Å². The monoisotopic (exact) mass is 261 g/mol. The van der Waals surface area contributed by atoms with E-state index >= 15 is 0 Å². The topological polar surface area (TPSA) is 40.5 Å². The molecule has 1 unspecified atom stereocenters. The molecular formula is C16H23NO2. The van der Waals surface area contributed by atoms with Gasteiger partial charge in [-0.3, -0.25) is 9.69 Å². The fraction of sp³-hybridized carbons (Fsp3) is 0.562. The number of nitrogens with zero attached hydrogens (tertiary/aromatic N) is 1. The largest absolute Gasteiger partial charge is 0.396 e. The fourth-order valence-electron chi connectivity index (χ4n) is 2.89. The van der Waals surface area contributed by atoms with Gasteiger partial charge < -0.3 is 5.11 Å². The zero-order chi connectivity index (χ0) is 13.8. The first-order valence-corrected chi connectivity index (χ1v) is 7.04. The lowest BCUT2D eigenvalue weighted by Crippen LogP contribution is -2.28. The molecule has 0 radical (unpaired) electrons. The zero-order valence-electron chi connectivity index (χ0n) is 11.9. The summed E-state index contributed by atoms with van der Waals surface area (Å²) in [6.07, 6.45) is 1.95. The number of aryl methyl sites for hydroxylation is 2. The van der Waals surface area contributed by atoms with E-state index in [1.54, 1.807) is 0 Å². The van der Waals surface area contributed by atoms with Gasteiger partial charge in [0.15, 0.2) is 5.78 Å². The van der Waals surface area contributed by atoms with Crippen molar-refractivity contribution in [3.63, 3.8) is 0 Å². The van der Waals surface area contributed by atoms with Crippen LogP contribution in [0.4, 0.5) is 0 Å². The van der Waals surface area contributed by atoms with Crippen LogP contribution in [0.2, 0.25) is 0 Å². The second-order valence-electron chi connectivity index (χ2n) is 5.64. The zero-order valence-corrected chi connectivity index (χ0v) is 11.9. The van der Waals surface area contributed by atoms with Gasteiger partial charge in [0.2, 0.25) is 0 Å². The van der Waals surface area contributed by atoms with Crippen LogP contribution in [0.1, 0.15) is 34.3 Å². The van der Waals surface area contributed by atoms with Gasteiger partial charge in [0.05, 0.1) is 6.54 Å². The van der Waals surface area contributed by atoms with Crippen LogP contribution in [0.25, 0.3) is 0 Å².